The van der Waals surface area contributed by atoms with E-state index in [0.29, 0.717) is 24.7 Å². The van der Waals surface area contributed by atoms with Crippen LogP contribution in [0, 0.1) is 0 Å². The van der Waals surface area contributed by atoms with Crippen molar-refractivity contribution in [2.24, 2.45) is 0 Å². The minimum Gasteiger partial charge on any atom is -0.396 e. The lowest BCUT2D eigenvalue weighted by atomic mass is 10.3. The third kappa shape index (κ3) is 4.50. The molecule has 0 radical (unpaired) electrons. The number of hydrogen-bond donors (Lipinski definition) is 3. The normalized spacial score (nSPS) is 11.9. The predicted molar refractivity (Wildman–Crippen MR) is 74.3 cm³/mol. The number of nitrogens with two attached hydrogens (primary N) is 1. The average Bonchev–Trinajstić information content (AvgIpc) is 2.32. The maximum absolute atomic E-state index is 11.7. The van der Waals surface area contributed by atoms with Crippen molar-refractivity contribution in [3.8, 4) is 0 Å². The Labute approximate surface area is 114 Å². The average molecular weight is 317 g/mol. The Morgan fingerprint density at radius 2 is 2.39 bits per heavy atom. The number of pyridine rings is 1. The number of nitrogens with one attached hydrogen (secondary N) is 2. The van der Waals surface area contributed by atoms with E-state index in [1.165, 1.54) is 0 Å². The summed E-state index contributed by atoms with van der Waals surface area (Å²) in [6.07, 6.45) is 1.62. The quantitative estimate of drug-likeness (QED) is 0.681. The fraction of sp³-hybridized carbons (Fsp3) is 0.455. The van der Waals surface area contributed by atoms with Crippen molar-refractivity contribution in [1.29, 1.82) is 0 Å². The fourth-order valence-electron chi connectivity index (χ4n) is 1.28. The summed E-state index contributed by atoms with van der Waals surface area (Å²) in [7, 11) is 1.58. The minimum atomic E-state index is -0.419. The molecule has 18 heavy (non-hydrogen) atoms. The summed E-state index contributed by atoms with van der Waals surface area (Å²) >= 11 is 3.27. The molecule has 1 heterocycles. The SMILES string of the molecule is COCCNC(=O)C(C)Nc1ncc(Br)cc1N. The molecule has 1 aromatic heterocycles. The van der Waals surface area contributed by atoms with Crippen LogP contribution in [0.1, 0.15) is 6.92 Å². The number of methoxy groups -OCH3 is 1. The summed E-state index contributed by atoms with van der Waals surface area (Å²) in [4.78, 5) is 15.8. The molecule has 1 atom stereocenters. The Bertz CT molecular complexity index is 414. The zero-order chi connectivity index (χ0) is 13.5. The molecule has 1 rings (SSSR count). The third-order valence-corrected chi connectivity index (χ3v) is 2.67. The van der Waals surface area contributed by atoms with Crippen molar-refractivity contribution in [3.05, 3.63) is 16.7 Å². The van der Waals surface area contributed by atoms with E-state index in [9.17, 15) is 4.79 Å². The lowest BCUT2D eigenvalue weighted by molar-refractivity contribution is -0.121. The second kappa shape index (κ2) is 7.17. The van der Waals surface area contributed by atoms with Gasteiger partial charge in [0.25, 0.3) is 0 Å². The number of rotatable bonds is 6. The molecule has 0 aliphatic heterocycles. The van der Waals surface area contributed by atoms with E-state index >= 15 is 0 Å². The predicted octanol–water partition coefficient (Wildman–Crippen LogP) is 0.989. The first-order chi connectivity index (χ1) is 8.54. The molecule has 0 spiro atoms. The minimum absolute atomic E-state index is 0.129. The zero-order valence-corrected chi connectivity index (χ0v) is 12.0. The van der Waals surface area contributed by atoms with Gasteiger partial charge in [0.1, 0.15) is 11.9 Å². The molecular formula is C11H17BrN4O2. The van der Waals surface area contributed by atoms with E-state index in [4.69, 9.17) is 10.5 Å². The van der Waals surface area contributed by atoms with Crippen LogP contribution in [-0.4, -0.2) is 37.2 Å². The number of nitrogen functional groups attached to an aromatic ring is 1. The van der Waals surface area contributed by atoms with Gasteiger partial charge < -0.3 is 21.1 Å². The standard InChI is InChI=1S/C11H17BrN4O2/c1-7(11(17)14-3-4-18-2)16-10-9(13)5-8(12)6-15-10/h5-7H,3-4,13H2,1-2H3,(H,14,17)(H,15,16). The molecule has 0 fully saturated rings. The number of aromatic nitrogens is 1. The Hall–Kier alpha value is -1.34. The van der Waals surface area contributed by atoms with Crippen LogP contribution >= 0.6 is 15.9 Å². The summed E-state index contributed by atoms with van der Waals surface area (Å²) in [5.41, 5.74) is 6.27. The maximum Gasteiger partial charge on any atom is 0.242 e. The number of carbonyl (C=O) groups is 1. The van der Waals surface area contributed by atoms with Gasteiger partial charge in [0, 0.05) is 24.3 Å². The van der Waals surface area contributed by atoms with Crippen molar-refractivity contribution >= 4 is 33.3 Å². The number of carbonyl (C=O) groups excluding carboxylic acids is 1. The molecule has 0 saturated carbocycles. The van der Waals surface area contributed by atoms with Crippen molar-refractivity contribution in [2.75, 3.05) is 31.3 Å². The van der Waals surface area contributed by atoms with Crippen LogP contribution < -0.4 is 16.4 Å². The third-order valence-electron chi connectivity index (χ3n) is 2.24. The molecule has 6 nitrogen and oxygen atoms in total. The summed E-state index contributed by atoms with van der Waals surface area (Å²) in [5, 5.41) is 5.68. The van der Waals surface area contributed by atoms with Crippen molar-refractivity contribution in [2.45, 2.75) is 13.0 Å². The van der Waals surface area contributed by atoms with Gasteiger partial charge in [-0.2, -0.15) is 0 Å². The summed E-state index contributed by atoms with van der Waals surface area (Å²) in [6, 6.07) is 1.31. The largest absolute Gasteiger partial charge is 0.396 e. The molecule has 0 aliphatic carbocycles. The molecule has 1 unspecified atom stereocenters. The zero-order valence-electron chi connectivity index (χ0n) is 10.4. The van der Waals surface area contributed by atoms with Crippen LogP contribution in [-0.2, 0) is 9.53 Å². The van der Waals surface area contributed by atoms with Crippen molar-refractivity contribution in [1.82, 2.24) is 10.3 Å². The number of halogens is 1. The molecular weight excluding hydrogens is 300 g/mol. The lowest BCUT2D eigenvalue weighted by Gasteiger charge is -2.15. The summed E-state index contributed by atoms with van der Waals surface area (Å²) in [6.45, 7) is 2.70. The molecule has 1 aromatic rings. The lowest BCUT2D eigenvalue weighted by Crippen LogP contribution is -2.39. The first kappa shape index (κ1) is 14.7. The van der Waals surface area contributed by atoms with Crippen molar-refractivity contribution < 1.29 is 9.53 Å². The van der Waals surface area contributed by atoms with Gasteiger partial charge in [-0.1, -0.05) is 0 Å². The van der Waals surface area contributed by atoms with Gasteiger partial charge in [-0.05, 0) is 28.9 Å². The highest BCUT2D eigenvalue weighted by Gasteiger charge is 2.13. The Balaban J connectivity index is 2.53. The highest BCUT2D eigenvalue weighted by Crippen LogP contribution is 2.20. The van der Waals surface area contributed by atoms with E-state index in [0.717, 1.165) is 4.47 Å². The molecule has 7 heteroatoms. The Morgan fingerprint density at radius 3 is 3.00 bits per heavy atom. The monoisotopic (exact) mass is 316 g/mol. The second-order valence-electron chi connectivity index (χ2n) is 3.74. The van der Waals surface area contributed by atoms with Crippen LogP contribution in [0.15, 0.2) is 16.7 Å². The molecule has 0 saturated heterocycles. The van der Waals surface area contributed by atoms with Gasteiger partial charge in [0.2, 0.25) is 5.91 Å². The number of hydrogen-bond acceptors (Lipinski definition) is 5. The second-order valence-corrected chi connectivity index (χ2v) is 4.66. The van der Waals surface area contributed by atoms with Crippen molar-refractivity contribution in [3.63, 3.8) is 0 Å². The molecule has 0 bridgehead atoms. The van der Waals surface area contributed by atoms with E-state index in [-0.39, 0.29) is 5.91 Å². The topological polar surface area (TPSA) is 89.3 Å². The van der Waals surface area contributed by atoms with Gasteiger partial charge in [-0.25, -0.2) is 4.98 Å². The van der Waals surface area contributed by atoms with Gasteiger partial charge in [0.05, 0.1) is 12.3 Å². The fourth-order valence-corrected chi connectivity index (χ4v) is 1.62. The van der Waals surface area contributed by atoms with Gasteiger partial charge in [0.15, 0.2) is 0 Å². The van der Waals surface area contributed by atoms with Crippen LogP contribution in [0.2, 0.25) is 0 Å². The molecule has 0 aliphatic rings. The van der Waals surface area contributed by atoms with E-state index in [2.05, 4.69) is 31.5 Å². The van der Waals surface area contributed by atoms with Crippen LogP contribution in [0.5, 0.6) is 0 Å². The smallest absolute Gasteiger partial charge is 0.242 e. The first-order valence-electron chi connectivity index (χ1n) is 5.48. The molecule has 0 aromatic carbocycles. The molecule has 1 amide bonds. The van der Waals surface area contributed by atoms with Crippen LogP contribution in [0.25, 0.3) is 0 Å². The number of nitrogens with zero attached hydrogens (tertiary/aromatic N) is 1. The maximum atomic E-state index is 11.7. The van der Waals surface area contributed by atoms with E-state index < -0.39 is 6.04 Å². The van der Waals surface area contributed by atoms with E-state index in [1.54, 1.807) is 26.3 Å². The van der Waals surface area contributed by atoms with Crippen LogP contribution in [0.3, 0.4) is 0 Å². The summed E-state index contributed by atoms with van der Waals surface area (Å²) in [5.74, 6) is 0.365. The first-order valence-corrected chi connectivity index (χ1v) is 6.28. The highest BCUT2D eigenvalue weighted by atomic mass is 79.9. The number of anilines is 2. The van der Waals surface area contributed by atoms with E-state index in [1.807, 2.05) is 0 Å². The number of amides is 1. The van der Waals surface area contributed by atoms with Gasteiger partial charge in [-0.3, -0.25) is 4.79 Å². The van der Waals surface area contributed by atoms with Gasteiger partial charge >= 0.3 is 0 Å². The molecule has 4 N–H and O–H groups in total. The number of ether oxygens (including phenoxy) is 1. The Morgan fingerprint density at radius 1 is 1.67 bits per heavy atom. The van der Waals surface area contributed by atoms with Crippen LogP contribution in [0.4, 0.5) is 11.5 Å². The Kier molecular flexibility index (Phi) is 5.87. The summed E-state index contributed by atoms with van der Waals surface area (Å²) < 4.78 is 5.64. The molecule has 100 valence electrons. The highest BCUT2D eigenvalue weighted by molar-refractivity contribution is 9.10. The van der Waals surface area contributed by atoms with Gasteiger partial charge in [-0.15, -0.1) is 0 Å².